The number of nitro groups is 1. The molecule has 0 amide bonds. The highest BCUT2D eigenvalue weighted by Gasteiger charge is 2.05. The summed E-state index contributed by atoms with van der Waals surface area (Å²) in [6.07, 6.45) is 0. The third-order valence-electron chi connectivity index (χ3n) is 1.52. The molecule has 0 aliphatic heterocycles. The Balaban J connectivity index is 0.00000196. The minimum atomic E-state index is -0.443. The van der Waals surface area contributed by atoms with E-state index in [1.54, 1.807) is 12.1 Å². The van der Waals surface area contributed by atoms with Crippen molar-refractivity contribution >= 4 is 39.6 Å². The van der Waals surface area contributed by atoms with Crippen LogP contribution in [0, 0.1) is 15.5 Å². The van der Waals surface area contributed by atoms with E-state index in [2.05, 4.69) is 0 Å². The maximum Gasteiger partial charge on any atom is 0.269 e. The van der Waals surface area contributed by atoms with Gasteiger partial charge in [0.15, 0.2) is 5.17 Å². The van der Waals surface area contributed by atoms with E-state index in [4.69, 9.17) is 11.1 Å². The van der Waals surface area contributed by atoms with Crippen LogP contribution in [0.3, 0.4) is 0 Å². The normalized spacial score (nSPS) is 9.07. The van der Waals surface area contributed by atoms with Crippen molar-refractivity contribution in [2.45, 2.75) is 5.75 Å². The zero-order chi connectivity index (χ0) is 10.6. The third kappa shape index (κ3) is 4.80. The summed E-state index contributed by atoms with van der Waals surface area (Å²) in [5.41, 5.74) is 6.00. The first-order valence-electron chi connectivity index (χ1n) is 3.80. The van der Waals surface area contributed by atoms with E-state index in [-0.39, 0.29) is 27.8 Å². The molecule has 5 nitrogen and oxygen atoms in total. The van der Waals surface area contributed by atoms with Gasteiger partial charge >= 0.3 is 0 Å². The van der Waals surface area contributed by atoms with E-state index in [9.17, 15) is 10.1 Å². The van der Waals surface area contributed by atoms with Crippen LogP contribution < -0.4 is 5.73 Å². The number of nitrogens with zero attached hydrogens (tertiary/aromatic N) is 1. The lowest BCUT2D eigenvalue weighted by Gasteiger charge is -1.99. The SMILES string of the molecule is Br.N=C(N)SCc1cccc([N+](=O)[O-])c1. The van der Waals surface area contributed by atoms with Crippen LogP contribution in [0.5, 0.6) is 0 Å². The highest BCUT2D eigenvalue weighted by atomic mass is 79.9. The molecule has 0 aromatic heterocycles. The molecule has 1 aromatic carbocycles. The second-order valence-corrected chi connectivity index (χ2v) is 3.60. The van der Waals surface area contributed by atoms with Gasteiger partial charge in [0.1, 0.15) is 0 Å². The van der Waals surface area contributed by atoms with Gasteiger partial charge in [0.05, 0.1) is 4.92 Å². The highest BCUT2D eigenvalue weighted by Crippen LogP contribution is 2.17. The number of halogens is 1. The predicted molar refractivity (Wildman–Crippen MR) is 66.6 cm³/mol. The third-order valence-corrected chi connectivity index (χ3v) is 2.30. The molecule has 0 aliphatic rings. The number of rotatable bonds is 3. The summed E-state index contributed by atoms with van der Waals surface area (Å²) >= 11 is 1.14. The van der Waals surface area contributed by atoms with Gasteiger partial charge in [0, 0.05) is 17.9 Å². The van der Waals surface area contributed by atoms with Gasteiger partial charge in [-0.3, -0.25) is 15.5 Å². The van der Waals surface area contributed by atoms with Crippen LogP contribution in [0.15, 0.2) is 24.3 Å². The van der Waals surface area contributed by atoms with Gasteiger partial charge in [0.2, 0.25) is 0 Å². The predicted octanol–water partition coefficient (Wildman–Crippen LogP) is 2.30. The van der Waals surface area contributed by atoms with E-state index in [0.29, 0.717) is 5.75 Å². The molecule has 1 aromatic rings. The van der Waals surface area contributed by atoms with Gasteiger partial charge < -0.3 is 5.73 Å². The van der Waals surface area contributed by atoms with Crippen molar-refractivity contribution in [3.8, 4) is 0 Å². The van der Waals surface area contributed by atoms with Gasteiger partial charge in [-0.2, -0.15) is 0 Å². The van der Waals surface area contributed by atoms with Crippen molar-refractivity contribution in [2.24, 2.45) is 5.73 Å². The molecule has 82 valence electrons. The Morgan fingerprint density at radius 2 is 2.27 bits per heavy atom. The molecule has 0 radical (unpaired) electrons. The van der Waals surface area contributed by atoms with Gasteiger partial charge in [-0.25, -0.2) is 0 Å². The van der Waals surface area contributed by atoms with Gasteiger partial charge in [0.25, 0.3) is 5.69 Å². The molecule has 0 bridgehead atoms. The number of amidine groups is 1. The van der Waals surface area contributed by atoms with E-state index in [1.807, 2.05) is 0 Å². The molecule has 0 atom stereocenters. The Bertz CT molecular complexity index is 373. The zero-order valence-corrected chi connectivity index (χ0v) is 10.2. The Hall–Kier alpha value is -1.08. The molecule has 0 spiro atoms. The number of nitrogens with two attached hydrogens (primary N) is 1. The average Bonchev–Trinajstić information content (AvgIpc) is 2.15. The van der Waals surface area contributed by atoms with E-state index in [1.165, 1.54) is 12.1 Å². The van der Waals surface area contributed by atoms with E-state index in [0.717, 1.165) is 17.3 Å². The number of thioether (sulfide) groups is 1. The lowest BCUT2D eigenvalue weighted by Crippen LogP contribution is -2.03. The monoisotopic (exact) mass is 291 g/mol. The highest BCUT2D eigenvalue weighted by molar-refractivity contribution is 8.93. The van der Waals surface area contributed by atoms with Gasteiger partial charge in [-0.15, -0.1) is 17.0 Å². The van der Waals surface area contributed by atoms with Gasteiger partial charge in [-0.1, -0.05) is 23.9 Å². The average molecular weight is 292 g/mol. The minimum Gasteiger partial charge on any atom is -0.379 e. The van der Waals surface area contributed by atoms with Crippen molar-refractivity contribution < 1.29 is 4.92 Å². The Morgan fingerprint density at radius 1 is 1.60 bits per heavy atom. The maximum absolute atomic E-state index is 10.4. The zero-order valence-electron chi connectivity index (χ0n) is 7.67. The molecule has 7 heteroatoms. The Kier molecular flexibility index (Phi) is 5.95. The quantitative estimate of drug-likeness (QED) is 0.387. The Morgan fingerprint density at radius 3 is 2.80 bits per heavy atom. The Labute approximate surface area is 101 Å². The number of nitro benzene ring substituents is 1. The lowest BCUT2D eigenvalue weighted by molar-refractivity contribution is -0.384. The van der Waals surface area contributed by atoms with Gasteiger partial charge in [-0.05, 0) is 5.56 Å². The van der Waals surface area contributed by atoms with Crippen LogP contribution >= 0.6 is 28.7 Å². The fourth-order valence-corrected chi connectivity index (χ4v) is 1.42. The molecule has 0 heterocycles. The molecule has 0 fully saturated rings. The molecule has 0 aliphatic carbocycles. The van der Waals surface area contributed by atoms with Crippen LogP contribution in [0.25, 0.3) is 0 Å². The molecular formula is C8H10BrN3O2S. The fourth-order valence-electron chi connectivity index (χ4n) is 0.921. The standard InChI is InChI=1S/C8H9N3O2S.BrH/c9-8(10)14-5-6-2-1-3-7(4-6)11(12)13;/h1-4H,5H2,(H3,9,10);1H. The van der Waals surface area contributed by atoms with Crippen molar-refractivity contribution in [1.82, 2.24) is 0 Å². The van der Waals surface area contributed by atoms with Crippen molar-refractivity contribution in [3.05, 3.63) is 39.9 Å². The molecular weight excluding hydrogens is 282 g/mol. The van der Waals surface area contributed by atoms with Crippen LogP contribution in [-0.2, 0) is 5.75 Å². The largest absolute Gasteiger partial charge is 0.379 e. The van der Waals surface area contributed by atoms with E-state index < -0.39 is 4.92 Å². The fraction of sp³-hybridized carbons (Fsp3) is 0.125. The second kappa shape index (κ2) is 6.41. The molecule has 1 rings (SSSR count). The first kappa shape index (κ1) is 13.9. The van der Waals surface area contributed by atoms with Crippen molar-refractivity contribution in [1.29, 1.82) is 5.41 Å². The summed E-state index contributed by atoms with van der Waals surface area (Å²) in [6.45, 7) is 0. The summed E-state index contributed by atoms with van der Waals surface area (Å²) < 4.78 is 0. The van der Waals surface area contributed by atoms with Crippen LogP contribution in [-0.4, -0.2) is 10.1 Å². The summed E-state index contributed by atoms with van der Waals surface area (Å²) in [4.78, 5) is 9.98. The first-order chi connectivity index (χ1) is 6.59. The number of nitrogens with one attached hydrogen (secondary N) is 1. The molecule has 0 unspecified atom stereocenters. The van der Waals surface area contributed by atoms with Crippen molar-refractivity contribution in [3.63, 3.8) is 0 Å². The topological polar surface area (TPSA) is 93.0 Å². The summed E-state index contributed by atoms with van der Waals surface area (Å²) in [5, 5.41) is 17.4. The lowest BCUT2D eigenvalue weighted by atomic mass is 10.2. The summed E-state index contributed by atoms with van der Waals surface area (Å²) in [5.74, 6) is 0.483. The van der Waals surface area contributed by atoms with Crippen LogP contribution in [0.4, 0.5) is 5.69 Å². The summed E-state index contributed by atoms with van der Waals surface area (Å²) in [6, 6.07) is 6.30. The minimum absolute atomic E-state index is 0. The van der Waals surface area contributed by atoms with E-state index >= 15 is 0 Å². The van der Waals surface area contributed by atoms with Crippen molar-refractivity contribution in [2.75, 3.05) is 0 Å². The molecule has 15 heavy (non-hydrogen) atoms. The number of non-ortho nitro benzene ring substituents is 1. The molecule has 0 saturated heterocycles. The molecule has 0 saturated carbocycles. The number of hydrogen-bond acceptors (Lipinski definition) is 4. The maximum atomic E-state index is 10.4. The molecule has 3 N–H and O–H groups in total. The number of benzene rings is 1. The second-order valence-electron chi connectivity index (χ2n) is 2.58. The van der Waals surface area contributed by atoms with Crippen LogP contribution in [0.1, 0.15) is 5.56 Å². The first-order valence-corrected chi connectivity index (χ1v) is 4.78. The summed E-state index contributed by atoms with van der Waals surface area (Å²) in [7, 11) is 0. The number of hydrogen-bond donors (Lipinski definition) is 2. The van der Waals surface area contributed by atoms with Crippen LogP contribution in [0.2, 0.25) is 0 Å². The smallest absolute Gasteiger partial charge is 0.269 e.